The van der Waals surface area contributed by atoms with E-state index in [4.69, 9.17) is 9.15 Å². The molecular weight excluding hydrogens is 351 g/mol. The van der Waals surface area contributed by atoms with Gasteiger partial charge in [0.1, 0.15) is 6.26 Å². The standard InChI is InChI=1S/C17H18F3N3O3/c18-17(19,20)13-3-1-12(2-4-13)16-22-14(11-26-16)15(24)21-5-6-23-7-9-25-10-8-23/h1-4,11H,5-10H2,(H,21,24). The maximum Gasteiger partial charge on any atom is 0.416 e. The molecule has 1 amide bonds. The highest BCUT2D eigenvalue weighted by Gasteiger charge is 2.30. The first kappa shape index (κ1) is 18.4. The van der Waals surface area contributed by atoms with Gasteiger partial charge in [0, 0.05) is 31.7 Å². The van der Waals surface area contributed by atoms with Crippen LogP contribution in [0.4, 0.5) is 13.2 Å². The third-order valence-electron chi connectivity index (χ3n) is 4.01. The molecule has 6 nitrogen and oxygen atoms in total. The zero-order valence-corrected chi connectivity index (χ0v) is 13.9. The van der Waals surface area contributed by atoms with Crippen LogP contribution in [0.15, 0.2) is 34.9 Å². The Bertz CT molecular complexity index is 738. The molecule has 1 aliphatic rings. The summed E-state index contributed by atoms with van der Waals surface area (Å²) in [4.78, 5) is 18.3. The number of oxazole rings is 1. The highest BCUT2D eigenvalue weighted by Crippen LogP contribution is 2.30. The van der Waals surface area contributed by atoms with Crippen molar-refractivity contribution in [3.05, 3.63) is 41.8 Å². The molecule has 0 bridgehead atoms. The van der Waals surface area contributed by atoms with Crippen LogP contribution in [0.3, 0.4) is 0 Å². The molecule has 1 N–H and O–H groups in total. The maximum absolute atomic E-state index is 12.6. The van der Waals surface area contributed by atoms with E-state index in [0.29, 0.717) is 31.9 Å². The number of alkyl halides is 3. The Balaban J connectivity index is 1.55. The molecule has 1 aromatic carbocycles. The number of morpholine rings is 1. The van der Waals surface area contributed by atoms with Gasteiger partial charge in [-0.3, -0.25) is 9.69 Å². The SMILES string of the molecule is O=C(NCCN1CCOCC1)c1coc(-c2ccc(C(F)(F)F)cc2)n1. The number of halogens is 3. The molecule has 2 aromatic rings. The molecule has 1 aliphatic heterocycles. The Labute approximate surface area is 147 Å². The minimum Gasteiger partial charge on any atom is -0.444 e. The van der Waals surface area contributed by atoms with Gasteiger partial charge in [0.25, 0.3) is 5.91 Å². The van der Waals surface area contributed by atoms with Gasteiger partial charge >= 0.3 is 6.18 Å². The molecule has 0 unspecified atom stereocenters. The lowest BCUT2D eigenvalue weighted by atomic mass is 10.1. The Morgan fingerprint density at radius 1 is 1.19 bits per heavy atom. The number of rotatable bonds is 5. The highest BCUT2D eigenvalue weighted by atomic mass is 19.4. The summed E-state index contributed by atoms with van der Waals surface area (Å²) in [6.45, 7) is 4.21. The lowest BCUT2D eigenvalue weighted by Crippen LogP contribution is -2.41. The molecule has 0 spiro atoms. The molecule has 26 heavy (non-hydrogen) atoms. The summed E-state index contributed by atoms with van der Waals surface area (Å²) in [6, 6.07) is 4.41. The maximum atomic E-state index is 12.6. The monoisotopic (exact) mass is 369 g/mol. The van der Waals surface area contributed by atoms with Gasteiger partial charge < -0.3 is 14.5 Å². The third kappa shape index (κ3) is 4.61. The summed E-state index contributed by atoms with van der Waals surface area (Å²) >= 11 is 0. The normalized spacial score (nSPS) is 15.8. The van der Waals surface area contributed by atoms with Gasteiger partial charge in [-0.15, -0.1) is 0 Å². The number of hydrogen-bond donors (Lipinski definition) is 1. The van der Waals surface area contributed by atoms with Gasteiger partial charge in [-0.25, -0.2) is 4.98 Å². The van der Waals surface area contributed by atoms with Gasteiger partial charge in [0.15, 0.2) is 5.69 Å². The molecule has 9 heteroatoms. The van der Waals surface area contributed by atoms with Crippen molar-refractivity contribution >= 4 is 5.91 Å². The second-order valence-corrected chi connectivity index (χ2v) is 5.82. The van der Waals surface area contributed by atoms with Gasteiger partial charge in [0.05, 0.1) is 18.8 Å². The van der Waals surface area contributed by atoms with Gasteiger partial charge in [-0.05, 0) is 24.3 Å². The van der Waals surface area contributed by atoms with Crippen molar-refractivity contribution in [3.8, 4) is 11.5 Å². The lowest BCUT2D eigenvalue weighted by Gasteiger charge is -2.26. The third-order valence-corrected chi connectivity index (χ3v) is 4.01. The minimum atomic E-state index is -4.40. The lowest BCUT2D eigenvalue weighted by molar-refractivity contribution is -0.137. The van der Waals surface area contributed by atoms with E-state index in [0.717, 1.165) is 25.2 Å². The van der Waals surface area contributed by atoms with E-state index in [2.05, 4.69) is 15.2 Å². The van der Waals surface area contributed by atoms with Gasteiger partial charge in [-0.1, -0.05) is 0 Å². The van der Waals surface area contributed by atoms with Crippen molar-refractivity contribution in [2.75, 3.05) is 39.4 Å². The Morgan fingerprint density at radius 2 is 1.88 bits per heavy atom. The van der Waals surface area contributed by atoms with Crippen LogP contribution >= 0.6 is 0 Å². The number of carbonyl (C=O) groups excluding carboxylic acids is 1. The van der Waals surface area contributed by atoms with Crippen LogP contribution in [0.5, 0.6) is 0 Å². The highest BCUT2D eigenvalue weighted by molar-refractivity contribution is 5.92. The molecule has 0 atom stereocenters. The molecular formula is C17H18F3N3O3. The van der Waals surface area contributed by atoms with E-state index < -0.39 is 11.7 Å². The van der Waals surface area contributed by atoms with Crippen molar-refractivity contribution in [1.29, 1.82) is 0 Å². The van der Waals surface area contributed by atoms with Crippen LogP contribution in [-0.2, 0) is 10.9 Å². The Kier molecular flexibility index (Phi) is 5.58. The Hall–Kier alpha value is -2.39. The van der Waals surface area contributed by atoms with Crippen molar-refractivity contribution < 1.29 is 27.1 Å². The number of hydrogen-bond acceptors (Lipinski definition) is 5. The van der Waals surface area contributed by atoms with Crippen LogP contribution in [0.1, 0.15) is 16.1 Å². The minimum absolute atomic E-state index is 0.0851. The zero-order valence-electron chi connectivity index (χ0n) is 13.9. The molecule has 1 fully saturated rings. The van der Waals surface area contributed by atoms with Crippen LogP contribution < -0.4 is 5.32 Å². The van der Waals surface area contributed by atoms with E-state index in [-0.39, 0.29) is 17.5 Å². The molecule has 1 saturated heterocycles. The fraction of sp³-hybridized carbons (Fsp3) is 0.412. The van der Waals surface area contributed by atoms with Crippen molar-refractivity contribution in [2.24, 2.45) is 0 Å². The molecule has 140 valence electrons. The molecule has 0 radical (unpaired) electrons. The van der Waals surface area contributed by atoms with Gasteiger partial charge in [0.2, 0.25) is 5.89 Å². The summed E-state index contributed by atoms with van der Waals surface area (Å²) in [7, 11) is 0. The number of benzene rings is 1. The molecule has 1 aromatic heterocycles. The van der Waals surface area contributed by atoms with Crippen LogP contribution in [0.25, 0.3) is 11.5 Å². The first-order valence-electron chi connectivity index (χ1n) is 8.15. The number of amides is 1. The summed E-state index contributed by atoms with van der Waals surface area (Å²) in [6.07, 6.45) is -3.21. The van der Waals surface area contributed by atoms with E-state index in [9.17, 15) is 18.0 Å². The largest absolute Gasteiger partial charge is 0.444 e. The first-order valence-corrected chi connectivity index (χ1v) is 8.15. The van der Waals surface area contributed by atoms with Crippen LogP contribution in [0, 0.1) is 0 Å². The fourth-order valence-corrected chi connectivity index (χ4v) is 2.56. The van der Waals surface area contributed by atoms with Gasteiger partial charge in [-0.2, -0.15) is 13.2 Å². The number of ether oxygens (including phenoxy) is 1. The summed E-state index contributed by atoms with van der Waals surface area (Å²) in [5.74, 6) is -0.294. The fourth-order valence-electron chi connectivity index (χ4n) is 2.56. The number of nitrogens with one attached hydrogen (secondary N) is 1. The predicted octanol–water partition coefficient (Wildman–Crippen LogP) is 2.42. The summed E-state index contributed by atoms with van der Waals surface area (Å²) in [5, 5.41) is 2.75. The number of carbonyl (C=O) groups is 1. The topological polar surface area (TPSA) is 67.6 Å². The van der Waals surface area contributed by atoms with E-state index in [1.807, 2.05) is 0 Å². The van der Waals surface area contributed by atoms with E-state index in [1.165, 1.54) is 18.4 Å². The summed E-state index contributed by atoms with van der Waals surface area (Å²) < 4.78 is 48.2. The molecule has 0 aliphatic carbocycles. The van der Waals surface area contributed by atoms with Crippen molar-refractivity contribution in [3.63, 3.8) is 0 Å². The van der Waals surface area contributed by atoms with Crippen LogP contribution in [-0.4, -0.2) is 55.2 Å². The molecule has 0 saturated carbocycles. The molecule has 2 heterocycles. The predicted molar refractivity (Wildman–Crippen MR) is 86.5 cm³/mol. The van der Waals surface area contributed by atoms with Crippen molar-refractivity contribution in [1.82, 2.24) is 15.2 Å². The average Bonchev–Trinajstić information content (AvgIpc) is 3.12. The second-order valence-electron chi connectivity index (χ2n) is 5.82. The van der Waals surface area contributed by atoms with E-state index in [1.54, 1.807) is 0 Å². The number of nitrogens with zero attached hydrogens (tertiary/aromatic N) is 2. The van der Waals surface area contributed by atoms with Crippen molar-refractivity contribution in [2.45, 2.75) is 6.18 Å². The first-order chi connectivity index (χ1) is 12.4. The number of aromatic nitrogens is 1. The zero-order chi connectivity index (χ0) is 18.6. The average molecular weight is 369 g/mol. The van der Waals surface area contributed by atoms with Crippen LogP contribution in [0.2, 0.25) is 0 Å². The van der Waals surface area contributed by atoms with E-state index >= 15 is 0 Å². The Morgan fingerprint density at radius 3 is 2.54 bits per heavy atom. The smallest absolute Gasteiger partial charge is 0.416 e. The molecule has 3 rings (SSSR count). The quantitative estimate of drug-likeness (QED) is 0.877. The second kappa shape index (κ2) is 7.88. The summed E-state index contributed by atoms with van der Waals surface area (Å²) in [5.41, 5.74) is -0.305.